The van der Waals surface area contributed by atoms with E-state index in [1.807, 2.05) is 11.8 Å². The molecule has 0 aliphatic carbocycles. The number of hydrogen-bond acceptors (Lipinski definition) is 6. The van der Waals surface area contributed by atoms with Gasteiger partial charge in [0.25, 0.3) is 0 Å². The largest absolute Gasteiger partial charge is 0.338 e. The summed E-state index contributed by atoms with van der Waals surface area (Å²) < 4.78 is 5.30. The van der Waals surface area contributed by atoms with Crippen LogP contribution in [-0.4, -0.2) is 40.1 Å². The Bertz CT molecular complexity index is 371. The third-order valence-electron chi connectivity index (χ3n) is 3.34. The molecule has 2 N–H and O–H groups in total. The molecule has 6 heteroatoms. The van der Waals surface area contributed by atoms with Gasteiger partial charge in [0.05, 0.1) is 12.1 Å². The predicted molar refractivity (Wildman–Crippen MR) is 73.4 cm³/mol. The van der Waals surface area contributed by atoms with Gasteiger partial charge >= 0.3 is 0 Å². The van der Waals surface area contributed by atoms with Gasteiger partial charge in [-0.1, -0.05) is 24.9 Å². The second-order valence-electron chi connectivity index (χ2n) is 4.81. The number of nitrogens with two attached hydrogens (primary N) is 1. The fourth-order valence-corrected chi connectivity index (χ4v) is 3.25. The Hall–Kier alpha value is -0.590. The van der Waals surface area contributed by atoms with Crippen LogP contribution in [0.25, 0.3) is 0 Å². The quantitative estimate of drug-likeness (QED) is 0.882. The highest BCUT2D eigenvalue weighted by Gasteiger charge is 2.26. The number of unbranched alkanes of at least 4 members (excludes halogenated alkanes) is 1. The van der Waals surface area contributed by atoms with Crippen molar-refractivity contribution in [2.45, 2.75) is 38.3 Å². The zero-order chi connectivity index (χ0) is 13.0. The summed E-state index contributed by atoms with van der Waals surface area (Å²) in [4.78, 5) is 6.76. The smallest absolute Gasteiger partial charge is 0.243 e. The first-order chi connectivity index (χ1) is 8.72. The Morgan fingerprint density at radius 2 is 2.44 bits per heavy atom. The fraction of sp³-hybridized carbons (Fsp3) is 0.833. The van der Waals surface area contributed by atoms with Crippen molar-refractivity contribution in [3.8, 4) is 0 Å². The minimum Gasteiger partial charge on any atom is -0.338 e. The van der Waals surface area contributed by atoms with E-state index in [1.54, 1.807) is 0 Å². The summed E-state index contributed by atoms with van der Waals surface area (Å²) in [6, 6.07) is 0.146. The fourth-order valence-electron chi connectivity index (χ4n) is 2.04. The maximum Gasteiger partial charge on any atom is 0.243 e. The highest BCUT2D eigenvalue weighted by molar-refractivity contribution is 7.99. The number of thioether (sulfide) groups is 1. The first kappa shape index (κ1) is 13.8. The molecule has 0 spiro atoms. The number of rotatable bonds is 5. The second kappa shape index (κ2) is 6.54. The predicted octanol–water partition coefficient (Wildman–Crippen LogP) is 1.98. The molecule has 2 atom stereocenters. The molecule has 0 aromatic carbocycles. The van der Waals surface area contributed by atoms with Crippen LogP contribution in [0.1, 0.15) is 50.0 Å². The molecule has 18 heavy (non-hydrogen) atoms. The summed E-state index contributed by atoms with van der Waals surface area (Å²) in [7, 11) is 2.11. The zero-order valence-corrected chi connectivity index (χ0v) is 11.9. The van der Waals surface area contributed by atoms with E-state index < -0.39 is 0 Å². The molecule has 2 rings (SSSR count). The highest BCUT2D eigenvalue weighted by Crippen LogP contribution is 2.27. The van der Waals surface area contributed by atoms with Crippen LogP contribution in [0.3, 0.4) is 0 Å². The van der Waals surface area contributed by atoms with Crippen molar-refractivity contribution in [2.24, 2.45) is 5.73 Å². The van der Waals surface area contributed by atoms with Crippen molar-refractivity contribution in [2.75, 3.05) is 25.1 Å². The summed E-state index contributed by atoms with van der Waals surface area (Å²) in [5.41, 5.74) is 6.04. The van der Waals surface area contributed by atoms with E-state index in [9.17, 15) is 0 Å². The third-order valence-corrected chi connectivity index (χ3v) is 4.36. The molecule has 102 valence electrons. The van der Waals surface area contributed by atoms with Crippen LogP contribution in [0.4, 0.5) is 0 Å². The Morgan fingerprint density at radius 1 is 1.61 bits per heavy atom. The van der Waals surface area contributed by atoms with Crippen molar-refractivity contribution in [3.63, 3.8) is 0 Å². The molecular formula is C12H22N4OS. The van der Waals surface area contributed by atoms with Crippen molar-refractivity contribution in [3.05, 3.63) is 11.7 Å². The lowest BCUT2D eigenvalue weighted by molar-refractivity contribution is 0.255. The van der Waals surface area contributed by atoms with Gasteiger partial charge in [0.2, 0.25) is 5.89 Å². The van der Waals surface area contributed by atoms with Gasteiger partial charge in [0.15, 0.2) is 5.82 Å². The van der Waals surface area contributed by atoms with Crippen LogP contribution in [0.5, 0.6) is 0 Å². The zero-order valence-electron chi connectivity index (χ0n) is 11.1. The third kappa shape index (κ3) is 3.24. The Morgan fingerprint density at radius 3 is 3.17 bits per heavy atom. The molecule has 1 aromatic heterocycles. The molecule has 0 bridgehead atoms. The van der Waals surface area contributed by atoms with Crippen molar-refractivity contribution in [1.29, 1.82) is 0 Å². The second-order valence-corrected chi connectivity index (χ2v) is 5.96. The molecule has 1 aliphatic heterocycles. The maximum atomic E-state index is 6.04. The Balaban J connectivity index is 2.00. The molecule has 1 saturated heterocycles. The summed E-state index contributed by atoms with van der Waals surface area (Å²) in [5.74, 6) is 3.57. The lowest BCUT2D eigenvalue weighted by Crippen LogP contribution is -2.33. The topological polar surface area (TPSA) is 68.2 Å². The Kier molecular flexibility index (Phi) is 5.03. The summed E-state index contributed by atoms with van der Waals surface area (Å²) in [6.07, 6.45) is 3.14. The van der Waals surface area contributed by atoms with E-state index >= 15 is 0 Å². The van der Waals surface area contributed by atoms with Crippen LogP contribution >= 0.6 is 11.8 Å². The van der Waals surface area contributed by atoms with E-state index in [1.165, 1.54) is 5.75 Å². The monoisotopic (exact) mass is 270 g/mol. The molecule has 0 radical (unpaired) electrons. The van der Waals surface area contributed by atoms with Gasteiger partial charge in [-0.2, -0.15) is 16.7 Å². The molecule has 1 fully saturated rings. The van der Waals surface area contributed by atoms with Gasteiger partial charge < -0.3 is 10.3 Å². The normalized spacial score (nSPS) is 23.2. The number of nitrogens with zero attached hydrogens (tertiary/aromatic N) is 3. The van der Waals surface area contributed by atoms with Gasteiger partial charge in [0, 0.05) is 18.1 Å². The highest BCUT2D eigenvalue weighted by atomic mass is 32.2. The van der Waals surface area contributed by atoms with Crippen molar-refractivity contribution in [1.82, 2.24) is 15.0 Å². The molecule has 2 unspecified atom stereocenters. The van der Waals surface area contributed by atoms with E-state index in [0.717, 1.165) is 37.4 Å². The average Bonchev–Trinajstić information content (AvgIpc) is 2.86. The minimum atomic E-state index is -0.118. The van der Waals surface area contributed by atoms with Crippen LogP contribution in [0.15, 0.2) is 4.52 Å². The van der Waals surface area contributed by atoms with Gasteiger partial charge in [-0.05, 0) is 13.5 Å². The van der Waals surface area contributed by atoms with Crippen LogP contribution < -0.4 is 5.73 Å². The average molecular weight is 270 g/mol. The number of hydrogen-bond donors (Lipinski definition) is 1. The summed E-state index contributed by atoms with van der Waals surface area (Å²) >= 11 is 1.94. The van der Waals surface area contributed by atoms with E-state index in [0.29, 0.717) is 5.89 Å². The van der Waals surface area contributed by atoms with Gasteiger partial charge in [-0.3, -0.25) is 4.90 Å². The van der Waals surface area contributed by atoms with E-state index in [-0.39, 0.29) is 12.1 Å². The molecule has 0 saturated carbocycles. The molecule has 2 heterocycles. The molecule has 1 aliphatic rings. The lowest BCUT2D eigenvalue weighted by atomic mass is 10.1. The first-order valence-electron chi connectivity index (χ1n) is 6.59. The maximum absolute atomic E-state index is 6.04. The van der Waals surface area contributed by atoms with Gasteiger partial charge in [-0.25, -0.2) is 0 Å². The van der Waals surface area contributed by atoms with Gasteiger partial charge in [-0.15, -0.1) is 0 Å². The molecular weight excluding hydrogens is 248 g/mol. The van der Waals surface area contributed by atoms with Crippen molar-refractivity contribution < 1.29 is 4.52 Å². The molecule has 5 nitrogen and oxygen atoms in total. The summed E-state index contributed by atoms with van der Waals surface area (Å²) in [6.45, 7) is 3.22. The minimum absolute atomic E-state index is 0.118. The van der Waals surface area contributed by atoms with E-state index in [2.05, 4.69) is 29.0 Å². The van der Waals surface area contributed by atoms with Gasteiger partial charge in [0.1, 0.15) is 0 Å². The molecule has 0 amide bonds. The lowest BCUT2D eigenvalue weighted by Gasteiger charge is -2.29. The first-order valence-corrected chi connectivity index (χ1v) is 7.75. The van der Waals surface area contributed by atoms with Crippen molar-refractivity contribution >= 4 is 11.8 Å². The summed E-state index contributed by atoms with van der Waals surface area (Å²) in [5, 5.41) is 4.10. The Labute approximate surface area is 112 Å². The van der Waals surface area contributed by atoms with Crippen LogP contribution in [0.2, 0.25) is 0 Å². The van der Waals surface area contributed by atoms with Crippen LogP contribution in [0, 0.1) is 0 Å². The van der Waals surface area contributed by atoms with Crippen LogP contribution in [-0.2, 0) is 0 Å². The standard InChI is InChI=1S/C12H22N4OS/c1-3-4-5-9(13)12-14-11(15-17-12)10-8-18-7-6-16(10)2/h9-10H,3-8,13H2,1-2H3. The van der Waals surface area contributed by atoms with E-state index in [4.69, 9.17) is 10.3 Å². The molecule has 1 aromatic rings. The number of aromatic nitrogens is 2. The SMILES string of the molecule is CCCCC(N)c1nc(C2CSCCN2C)no1.